The van der Waals surface area contributed by atoms with Gasteiger partial charge in [0.2, 0.25) is 5.91 Å². The molecule has 0 atom stereocenters. The lowest BCUT2D eigenvalue weighted by Crippen LogP contribution is -2.32. The zero-order valence-electron chi connectivity index (χ0n) is 9.06. The number of para-hydroxylation sites is 2. The summed E-state index contributed by atoms with van der Waals surface area (Å²) in [5.41, 5.74) is 9.29. The van der Waals surface area contributed by atoms with Gasteiger partial charge in [0, 0.05) is 12.8 Å². The number of anilines is 2. The maximum absolute atomic E-state index is 11.8. The van der Waals surface area contributed by atoms with Crippen molar-refractivity contribution in [3.8, 4) is 0 Å². The van der Waals surface area contributed by atoms with Crippen LogP contribution in [0, 0.1) is 0 Å². The second-order valence-corrected chi connectivity index (χ2v) is 3.63. The molecule has 6 nitrogen and oxygen atoms in total. The van der Waals surface area contributed by atoms with Crippen molar-refractivity contribution >= 4 is 28.9 Å². The summed E-state index contributed by atoms with van der Waals surface area (Å²) < 4.78 is 0. The van der Waals surface area contributed by atoms with Crippen molar-refractivity contribution in [2.24, 2.45) is 5.10 Å². The second kappa shape index (κ2) is 4.65. The van der Waals surface area contributed by atoms with E-state index in [1.54, 1.807) is 24.3 Å². The number of carbonyl (C=O) groups is 2. The van der Waals surface area contributed by atoms with Crippen molar-refractivity contribution in [2.75, 3.05) is 11.1 Å². The Morgan fingerprint density at radius 1 is 1.35 bits per heavy atom. The summed E-state index contributed by atoms with van der Waals surface area (Å²) in [4.78, 5) is 22.7. The second-order valence-electron chi connectivity index (χ2n) is 3.63. The van der Waals surface area contributed by atoms with Crippen LogP contribution in [0.5, 0.6) is 0 Å². The van der Waals surface area contributed by atoms with Gasteiger partial charge in [-0.25, -0.2) is 5.43 Å². The topological polar surface area (TPSA) is 96.6 Å². The molecule has 0 saturated heterocycles. The van der Waals surface area contributed by atoms with E-state index in [2.05, 4.69) is 15.8 Å². The third kappa shape index (κ3) is 2.60. The quantitative estimate of drug-likeness (QED) is 0.647. The predicted molar refractivity (Wildman–Crippen MR) is 64.3 cm³/mol. The molecule has 0 saturated carbocycles. The third-order valence-electron chi connectivity index (χ3n) is 2.38. The Kier molecular flexibility index (Phi) is 3.04. The van der Waals surface area contributed by atoms with E-state index < -0.39 is 0 Å². The van der Waals surface area contributed by atoms with Gasteiger partial charge >= 0.3 is 0 Å². The fourth-order valence-corrected chi connectivity index (χ4v) is 1.44. The van der Waals surface area contributed by atoms with E-state index in [-0.39, 0.29) is 18.2 Å². The van der Waals surface area contributed by atoms with Gasteiger partial charge in [0.1, 0.15) is 5.71 Å². The number of hydrogen-bond donors (Lipinski definition) is 3. The molecule has 1 heterocycles. The minimum atomic E-state index is -0.345. The molecule has 1 aromatic rings. The zero-order chi connectivity index (χ0) is 12.3. The molecule has 6 heteroatoms. The van der Waals surface area contributed by atoms with Gasteiger partial charge in [-0.05, 0) is 12.1 Å². The van der Waals surface area contributed by atoms with E-state index >= 15 is 0 Å². The van der Waals surface area contributed by atoms with Crippen LogP contribution in [0.2, 0.25) is 0 Å². The van der Waals surface area contributed by atoms with Crippen LogP contribution in [0.3, 0.4) is 0 Å². The molecule has 1 aromatic carbocycles. The van der Waals surface area contributed by atoms with Crippen LogP contribution in [0.1, 0.15) is 12.8 Å². The average Bonchev–Trinajstić information content (AvgIpc) is 2.33. The minimum Gasteiger partial charge on any atom is -0.397 e. The first kappa shape index (κ1) is 11.1. The van der Waals surface area contributed by atoms with Gasteiger partial charge in [-0.3, -0.25) is 9.59 Å². The monoisotopic (exact) mass is 232 g/mol. The Labute approximate surface area is 97.9 Å². The summed E-state index contributed by atoms with van der Waals surface area (Å²) in [6.07, 6.45) is 0.612. The van der Waals surface area contributed by atoms with Gasteiger partial charge < -0.3 is 11.1 Å². The minimum absolute atomic E-state index is 0.180. The number of nitrogen functional groups attached to an aromatic ring is 1. The Morgan fingerprint density at radius 2 is 2.12 bits per heavy atom. The first-order valence-electron chi connectivity index (χ1n) is 5.18. The molecule has 0 radical (unpaired) electrons. The lowest BCUT2D eigenvalue weighted by molar-refractivity contribution is -0.121. The normalized spacial score (nSPS) is 14.8. The van der Waals surface area contributed by atoms with E-state index in [1.807, 2.05) is 0 Å². The number of hydrazone groups is 1. The van der Waals surface area contributed by atoms with Gasteiger partial charge in [-0.1, -0.05) is 12.1 Å². The molecule has 0 fully saturated rings. The van der Waals surface area contributed by atoms with Gasteiger partial charge in [-0.2, -0.15) is 5.10 Å². The molecule has 17 heavy (non-hydrogen) atoms. The van der Waals surface area contributed by atoms with E-state index in [0.717, 1.165) is 0 Å². The summed E-state index contributed by atoms with van der Waals surface area (Å²) in [5, 5.41) is 6.35. The van der Waals surface area contributed by atoms with Crippen LogP contribution in [0.25, 0.3) is 0 Å². The highest BCUT2D eigenvalue weighted by Gasteiger charge is 2.18. The molecule has 88 valence electrons. The molecule has 4 N–H and O–H groups in total. The number of nitrogens with two attached hydrogens (primary N) is 1. The lowest BCUT2D eigenvalue weighted by Gasteiger charge is -2.12. The standard InChI is InChI=1S/C11H12N4O2/c12-7-3-1-2-4-8(7)13-11(17)9-5-6-10(16)15-14-9/h1-4H,5-6,12H2,(H,13,17)(H,15,16). The van der Waals surface area contributed by atoms with Crippen LogP contribution >= 0.6 is 0 Å². The number of hydrogen-bond acceptors (Lipinski definition) is 4. The first-order valence-corrected chi connectivity index (χ1v) is 5.18. The van der Waals surface area contributed by atoms with E-state index in [4.69, 9.17) is 5.73 Å². The summed E-state index contributed by atoms with van der Waals surface area (Å²) >= 11 is 0. The smallest absolute Gasteiger partial charge is 0.271 e. The SMILES string of the molecule is Nc1ccccc1NC(=O)C1=NNC(=O)CC1. The highest BCUT2D eigenvalue weighted by Crippen LogP contribution is 2.17. The highest BCUT2D eigenvalue weighted by molar-refractivity contribution is 6.43. The zero-order valence-corrected chi connectivity index (χ0v) is 9.06. The Bertz CT molecular complexity index is 496. The molecular weight excluding hydrogens is 220 g/mol. The molecule has 0 bridgehead atoms. The van der Waals surface area contributed by atoms with Crippen molar-refractivity contribution in [1.82, 2.24) is 5.43 Å². The summed E-state index contributed by atoms with van der Waals surface area (Å²) in [7, 11) is 0. The van der Waals surface area contributed by atoms with Gasteiger partial charge in [0.05, 0.1) is 11.4 Å². The summed E-state index contributed by atoms with van der Waals surface area (Å²) in [6, 6.07) is 6.95. The molecule has 0 unspecified atom stereocenters. The molecule has 2 amide bonds. The summed E-state index contributed by atoms with van der Waals surface area (Å²) in [5.74, 6) is -0.524. The lowest BCUT2D eigenvalue weighted by atomic mass is 10.1. The molecular formula is C11H12N4O2. The van der Waals surface area contributed by atoms with E-state index in [9.17, 15) is 9.59 Å². The molecule has 1 aliphatic rings. The number of nitrogens with zero attached hydrogens (tertiary/aromatic N) is 1. The third-order valence-corrected chi connectivity index (χ3v) is 2.38. The van der Waals surface area contributed by atoms with E-state index in [1.165, 1.54) is 0 Å². The van der Waals surface area contributed by atoms with Crippen LogP contribution < -0.4 is 16.5 Å². The largest absolute Gasteiger partial charge is 0.397 e. The van der Waals surface area contributed by atoms with Gasteiger partial charge in [0.25, 0.3) is 5.91 Å². The fraction of sp³-hybridized carbons (Fsp3) is 0.182. The Balaban J connectivity index is 2.07. The van der Waals surface area contributed by atoms with Crippen molar-refractivity contribution in [1.29, 1.82) is 0 Å². The maximum atomic E-state index is 11.8. The van der Waals surface area contributed by atoms with Crippen LogP contribution in [0.4, 0.5) is 11.4 Å². The van der Waals surface area contributed by atoms with Crippen molar-refractivity contribution < 1.29 is 9.59 Å². The van der Waals surface area contributed by atoms with Crippen molar-refractivity contribution in [2.45, 2.75) is 12.8 Å². The average molecular weight is 232 g/mol. The maximum Gasteiger partial charge on any atom is 0.271 e. The highest BCUT2D eigenvalue weighted by atomic mass is 16.2. The molecule has 0 spiro atoms. The van der Waals surface area contributed by atoms with E-state index in [0.29, 0.717) is 23.5 Å². The van der Waals surface area contributed by atoms with Crippen LogP contribution in [-0.4, -0.2) is 17.5 Å². The fourth-order valence-electron chi connectivity index (χ4n) is 1.44. The predicted octanol–water partition coefficient (Wildman–Crippen LogP) is 0.473. The van der Waals surface area contributed by atoms with Crippen LogP contribution in [0.15, 0.2) is 29.4 Å². The van der Waals surface area contributed by atoms with Crippen LogP contribution in [-0.2, 0) is 9.59 Å². The van der Waals surface area contributed by atoms with Gasteiger partial charge in [0.15, 0.2) is 0 Å². The number of nitrogens with one attached hydrogen (secondary N) is 2. The number of rotatable bonds is 2. The first-order chi connectivity index (χ1) is 8.16. The number of amides is 2. The summed E-state index contributed by atoms with van der Waals surface area (Å²) in [6.45, 7) is 0. The Morgan fingerprint density at radius 3 is 2.76 bits per heavy atom. The van der Waals surface area contributed by atoms with Crippen molar-refractivity contribution in [3.63, 3.8) is 0 Å². The molecule has 1 aliphatic heterocycles. The van der Waals surface area contributed by atoms with Gasteiger partial charge in [-0.15, -0.1) is 0 Å². The molecule has 0 aromatic heterocycles. The Hall–Kier alpha value is -2.37. The molecule has 2 rings (SSSR count). The molecule has 0 aliphatic carbocycles. The van der Waals surface area contributed by atoms with Crippen molar-refractivity contribution in [3.05, 3.63) is 24.3 Å². The number of benzene rings is 1. The number of carbonyl (C=O) groups excluding carboxylic acids is 2.